The Morgan fingerprint density at radius 3 is 2.55 bits per heavy atom. The van der Waals surface area contributed by atoms with E-state index in [1.807, 2.05) is 6.92 Å². The second-order valence-corrected chi connectivity index (χ2v) is 19.0. The number of allylic oxidation sites excluding steroid dienone is 3. The van der Waals surface area contributed by atoms with E-state index in [1.54, 1.807) is 70.9 Å². The van der Waals surface area contributed by atoms with Crippen LogP contribution in [0.1, 0.15) is 86.6 Å². The van der Waals surface area contributed by atoms with Crippen molar-refractivity contribution in [3.05, 3.63) is 46.5 Å². The lowest BCUT2D eigenvalue weighted by Crippen LogP contribution is -2.61. The molecule has 0 aliphatic carbocycles. The number of carbonyl (C=O) groups is 5. The van der Waals surface area contributed by atoms with E-state index >= 15 is 0 Å². The van der Waals surface area contributed by atoms with Crippen LogP contribution in [0, 0.1) is 11.8 Å². The summed E-state index contributed by atoms with van der Waals surface area (Å²) >= 11 is 8.55. The molecule has 2 saturated heterocycles. The zero-order valence-electron chi connectivity index (χ0n) is 34.3. The van der Waals surface area contributed by atoms with Crippen LogP contribution in [0.4, 0.5) is 10.5 Å². The first-order valence-electron chi connectivity index (χ1n) is 19.0. The molecule has 0 aromatic heterocycles. The van der Waals surface area contributed by atoms with Crippen LogP contribution in [0.25, 0.3) is 0 Å². The maximum absolute atomic E-state index is 14.2. The van der Waals surface area contributed by atoms with E-state index in [2.05, 4.69) is 33.0 Å². The fourth-order valence-corrected chi connectivity index (χ4v) is 9.24. The number of ether oxygens (including phenoxy) is 4. The summed E-state index contributed by atoms with van der Waals surface area (Å²) in [6.45, 7) is 15.3. The highest BCUT2D eigenvalue weighted by atomic mass is 35.5. The number of epoxide rings is 1. The third-order valence-electron chi connectivity index (χ3n) is 11.0. The third-order valence-corrected chi connectivity index (χ3v) is 12.7. The van der Waals surface area contributed by atoms with Gasteiger partial charge in [0.2, 0.25) is 11.8 Å². The molecule has 4 bridgehead atoms. The summed E-state index contributed by atoms with van der Waals surface area (Å²) < 4.78 is 23.4. The van der Waals surface area contributed by atoms with Crippen molar-refractivity contribution in [2.75, 3.05) is 26.1 Å². The molecular formula is C41H58ClN3O10S. The summed E-state index contributed by atoms with van der Waals surface area (Å²) in [5.41, 5.74) is -1.21. The van der Waals surface area contributed by atoms with Gasteiger partial charge in [-0.05, 0) is 56.6 Å². The van der Waals surface area contributed by atoms with Crippen molar-refractivity contribution in [1.82, 2.24) is 10.2 Å². The Bertz CT molecular complexity index is 1730. The first-order chi connectivity index (χ1) is 26.0. The SMILES string of the molecule is COc1cc2cc(c1Cl)N(C)C(=O)C[C@H](OC(=O)[C@@H](C)N(C)C(=O)CCC(C)(C)SC(C)C)[C@]1(C)O[C@H]1[C@H](C)[C@@H]1C[C@@](O)(NC(=O)O1)[C@H](C=O)/C=C/C=C(\C)C2. The second-order valence-electron chi connectivity index (χ2n) is 16.3. The molecule has 2 fully saturated rings. The average Bonchev–Trinajstić information content (AvgIpc) is 3.82. The first kappa shape index (κ1) is 45.1. The van der Waals surface area contributed by atoms with Crippen molar-refractivity contribution in [3.8, 4) is 5.75 Å². The molecule has 3 amide bonds. The molecule has 3 heterocycles. The molecule has 0 unspecified atom stereocenters. The molecule has 4 rings (SSSR count). The van der Waals surface area contributed by atoms with Gasteiger partial charge >= 0.3 is 12.1 Å². The lowest BCUT2D eigenvalue weighted by Gasteiger charge is -2.41. The van der Waals surface area contributed by atoms with Crippen LogP contribution in [0.2, 0.25) is 5.02 Å². The lowest BCUT2D eigenvalue weighted by molar-refractivity contribution is -0.162. The molecule has 15 heteroatoms. The van der Waals surface area contributed by atoms with E-state index in [4.69, 9.17) is 30.5 Å². The van der Waals surface area contributed by atoms with Crippen molar-refractivity contribution >= 4 is 59.2 Å². The van der Waals surface area contributed by atoms with E-state index in [-0.39, 0.29) is 34.9 Å². The summed E-state index contributed by atoms with van der Waals surface area (Å²) in [4.78, 5) is 69.3. The van der Waals surface area contributed by atoms with Crippen molar-refractivity contribution in [3.63, 3.8) is 0 Å². The molecule has 1 aromatic rings. The van der Waals surface area contributed by atoms with Crippen LogP contribution in [0.3, 0.4) is 0 Å². The second kappa shape index (κ2) is 17.9. The van der Waals surface area contributed by atoms with E-state index in [9.17, 15) is 29.1 Å². The molecule has 2 N–H and O–H groups in total. The van der Waals surface area contributed by atoms with Crippen LogP contribution in [0.5, 0.6) is 5.75 Å². The largest absolute Gasteiger partial charge is 0.495 e. The van der Waals surface area contributed by atoms with Gasteiger partial charge in [-0.2, -0.15) is 11.8 Å². The number of esters is 1. The summed E-state index contributed by atoms with van der Waals surface area (Å²) in [6.07, 6.45) is 2.58. The van der Waals surface area contributed by atoms with Crippen molar-refractivity contribution < 1.29 is 48.0 Å². The zero-order chi connectivity index (χ0) is 41.9. The number of nitrogens with zero attached hydrogens (tertiary/aromatic N) is 2. The molecular weight excluding hydrogens is 762 g/mol. The van der Waals surface area contributed by atoms with Gasteiger partial charge in [0, 0.05) is 37.6 Å². The predicted octanol–water partition coefficient (Wildman–Crippen LogP) is 6.02. The number of thioether (sulfide) groups is 1. The summed E-state index contributed by atoms with van der Waals surface area (Å²) in [7, 11) is 4.59. The molecule has 8 atom stereocenters. The fraction of sp³-hybridized carbons (Fsp3) is 0.634. The van der Waals surface area contributed by atoms with E-state index in [1.165, 1.54) is 23.0 Å². The van der Waals surface area contributed by atoms with Crippen LogP contribution in [-0.2, 0) is 39.8 Å². The molecule has 0 saturated carbocycles. The third kappa shape index (κ3) is 10.5. The summed E-state index contributed by atoms with van der Waals surface area (Å²) in [5, 5.41) is 14.7. The fourth-order valence-electron chi connectivity index (χ4n) is 7.43. The molecule has 1 aromatic carbocycles. The maximum atomic E-state index is 14.2. The predicted molar refractivity (Wildman–Crippen MR) is 216 cm³/mol. The van der Waals surface area contributed by atoms with Crippen LogP contribution in [-0.4, -0.2) is 107 Å². The highest BCUT2D eigenvalue weighted by Crippen LogP contribution is 2.49. The molecule has 0 spiro atoms. The van der Waals surface area contributed by atoms with Gasteiger partial charge < -0.3 is 38.6 Å². The van der Waals surface area contributed by atoms with Gasteiger partial charge in [0.15, 0.2) is 5.72 Å². The van der Waals surface area contributed by atoms with Crippen LogP contribution >= 0.6 is 23.4 Å². The number of nitrogens with one attached hydrogen (secondary N) is 1. The minimum absolute atomic E-state index is 0.142. The smallest absolute Gasteiger partial charge is 0.409 e. The number of benzene rings is 1. The van der Waals surface area contributed by atoms with Crippen LogP contribution < -0.4 is 15.0 Å². The standard InChI is InChI=1S/C41H58ClN3O10S/c1-23(2)56-39(6,7)16-15-33(47)44(9)26(5)37(49)54-32-20-34(48)45(10)29-18-27(19-30(52-11)35(29)42)17-24(3)13-12-14-28(22-46)41(51)21-31(53-38(50)43-41)25(4)36-40(32,8)55-36/h12-14,18-19,22-23,25-26,28,31-32,36,51H,15-17,20-21H2,1-11H3,(H,43,50)/b14-12+,24-13+/t25-,26-,28+,31+,32+,36+,40+,41+/m1/s1. The number of rotatable bonds is 10. The van der Waals surface area contributed by atoms with E-state index < -0.39 is 65.5 Å². The number of amides is 3. The molecule has 310 valence electrons. The number of carbonyl (C=O) groups excluding carboxylic acids is 5. The molecule has 3 aliphatic rings. The number of hydrogen-bond donors (Lipinski definition) is 2. The Morgan fingerprint density at radius 2 is 1.93 bits per heavy atom. The van der Waals surface area contributed by atoms with Gasteiger partial charge in [0.1, 0.15) is 40.9 Å². The van der Waals surface area contributed by atoms with Crippen LogP contribution in [0.15, 0.2) is 35.9 Å². The van der Waals surface area contributed by atoms with Gasteiger partial charge in [0.25, 0.3) is 0 Å². The Labute approximate surface area is 339 Å². The normalized spacial score (nSPS) is 30.5. The number of anilines is 1. The van der Waals surface area contributed by atoms with Gasteiger partial charge in [-0.3, -0.25) is 14.9 Å². The molecule has 56 heavy (non-hydrogen) atoms. The first-order valence-corrected chi connectivity index (χ1v) is 20.3. The summed E-state index contributed by atoms with van der Waals surface area (Å²) in [5.74, 6) is -2.76. The number of hydrogen-bond acceptors (Lipinski definition) is 11. The van der Waals surface area contributed by atoms with E-state index in [0.29, 0.717) is 35.8 Å². The number of halogens is 1. The highest BCUT2D eigenvalue weighted by Gasteiger charge is 2.64. The van der Waals surface area contributed by atoms with Gasteiger partial charge in [0.05, 0.1) is 31.2 Å². The van der Waals surface area contributed by atoms with Gasteiger partial charge in [-0.15, -0.1) is 0 Å². The van der Waals surface area contributed by atoms with Crippen molar-refractivity contribution in [1.29, 1.82) is 0 Å². The minimum Gasteiger partial charge on any atom is -0.495 e. The van der Waals surface area contributed by atoms with Gasteiger partial charge in [-0.25, -0.2) is 9.59 Å². The Balaban J connectivity index is 1.71. The zero-order valence-corrected chi connectivity index (χ0v) is 35.9. The summed E-state index contributed by atoms with van der Waals surface area (Å²) in [6, 6.07) is 2.55. The minimum atomic E-state index is -1.97. The van der Waals surface area contributed by atoms with Crippen molar-refractivity contribution in [2.24, 2.45) is 11.8 Å². The topological polar surface area (TPSA) is 164 Å². The quantitative estimate of drug-likeness (QED) is 0.161. The monoisotopic (exact) mass is 819 g/mol. The number of likely N-dealkylation sites (N-methyl/N-ethyl adjacent to an activating group) is 1. The van der Waals surface area contributed by atoms with Crippen molar-refractivity contribution in [2.45, 2.75) is 133 Å². The Morgan fingerprint density at radius 1 is 1.25 bits per heavy atom. The number of aliphatic hydroxyl groups is 1. The highest BCUT2D eigenvalue weighted by molar-refractivity contribution is 8.01. The number of aldehydes is 1. The molecule has 3 aliphatic heterocycles. The number of alkyl carbamates (subject to hydrolysis) is 1. The molecule has 13 nitrogen and oxygen atoms in total. The molecule has 0 radical (unpaired) electrons. The lowest BCUT2D eigenvalue weighted by atomic mass is 9.82. The Hall–Kier alpha value is -3.59. The number of fused-ring (bicyclic) bond motifs is 5. The Kier molecular flexibility index (Phi) is 14.4. The van der Waals surface area contributed by atoms with E-state index in [0.717, 1.165) is 11.1 Å². The maximum Gasteiger partial charge on any atom is 0.409 e. The number of methoxy groups -OCH3 is 1. The average molecular weight is 820 g/mol. The van der Waals surface area contributed by atoms with Gasteiger partial charge in [-0.1, -0.05) is 70.0 Å².